The Morgan fingerprint density at radius 1 is 1.00 bits per heavy atom. The van der Waals surface area contributed by atoms with E-state index in [0.29, 0.717) is 33.1 Å². The quantitative estimate of drug-likeness (QED) is 0.388. The van der Waals surface area contributed by atoms with Gasteiger partial charge in [-0.15, -0.1) is 0 Å². The van der Waals surface area contributed by atoms with E-state index in [1.807, 2.05) is 30.3 Å². The maximum absolute atomic E-state index is 13.2. The van der Waals surface area contributed by atoms with Crippen LogP contribution < -0.4 is 11.1 Å². The number of fused-ring (bicyclic) bond motifs is 2. The summed E-state index contributed by atoms with van der Waals surface area (Å²) in [5.41, 5.74) is 5.84. The summed E-state index contributed by atoms with van der Waals surface area (Å²) in [7, 11) is 3.82. The van der Waals surface area contributed by atoms with Gasteiger partial charge in [-0.05, 0) is 54.6 Å². The van der Waals surface area contributed by atoms with Gasteiger partial charge in [0.05, 0.1) is 16.9 Å². The maximum Gasteiger partial charge on any atom is 0.419 e. The number of carbonyl (C=O) groups excluding carboxylic acids is 1. The Morgan fingerprint density at radius 2 is 1.76 bits per heavy atom. The third kappa shape index (κ3) is 4.67. The minimum atomic E-state index is -0.639. The number of nitrogens with one attached hydrogen (secondary N) is 1. The molecule has 1 atom stereocenters. The number of piperazine rings is 1. The van der Waals surface area contributed by atoms with Gasteiger partial charge in [-0.1, -0.05) is 35.9 Å². The van der Waals surface area contributed by atoms with Crippen molar-refractivity contribution in [3.63, 3.8) is 0 Å². The van der Waals surface area contributed by atoms with E-state index in [0.717, 1.165) is 44.0 Å². The third-order valence-corrected chi connectivity index (χ3v) is 7.63. The minimum Gasteiger partial charge on any atom is -0.408 e. The molecule has 0 saturated carbocycles. The Bertz CT molecular complexity index is 1610. The number of aryl methyl sites for hydroxylation is 1. The lowest BCUT2D eigenvalue weighted by atomic mass is 9.90. The number of nitrogens with zero attached hydrogens (tertiary/aromatic N) is 4. The molecule has 6 rings (SSSR count). The zero-order valence-corrected chi connectivity index (χ0v) is 22.0. The van der Waals surface area contributed by atoms with Crippen LogP contribution in [-0.2, 0) is 18.4 Å². The van der Waals surface area contributed by atoms with Gasteiger partial charge < -0.3 is 14.6 Å². The summed E-state index contributed by atoms with van der Waals surface area (Å²) >= 11 is 6.19. The molecule has 1 unspecified atom stereocenters. The Morgan fingerprint density at radius 3 is 2.53 bits per heavy atom. The number of aromatic nitrogens is 1. The van der Waals surface area contributed by atoms with Crippen molar-refractivity contribution in [2.45, 2.75) is 12.5 Å². The highest BCUT2D eigenvalue weighted by Crippen LogP contribution is 2.38. The molecule has 3 heterocycles. The Labute approximate surface area is 225 Å². The molecule has 1 N–H and O–H groups in total. The maximum atomic E-state index is 13.2. The second kappa shape index (κ2) is 9.87. The Kier molecular flexibility index (Phi) is 6.39. The predicted octanol–water partition coefficient (Wildman–Crippen LogP) is 4.39. The monoisotopic (exact) mass is 529 g/mol. The smallest absolute Gasteiger partial charge is 0.408 e. The van der Waals surface area contributed by atoms with E-state index in [9.17, 15) is 9.59 Å². The van der Waals surface area contributed by atoms with Crippen molar-refractivity contribution in [2.75, 3.05) is 38.5 Å². The molecular formula is C29H28ClN5O3. The summed E-state index contributed by atoms with van der Waals surface area (Å²) in [6.07, 6.45) is 0. The molecule has 0 bridgehead atoms. The fourth-order valence-corrected chi connectivity index (χ4v) is 5.35. The van der Waals surface area contributed by atoms with E-state index in [2.05, 4.69) is 34.3 Å². The molecule has 8 nitrogen and oxygen atoms in total. The average Bonchev–Trinajstić information content (AvgIpc) is 3.38. The van der Waals surface area contributed by atoms with Crippen molar-refractivity contribution in [2.24, 2.45) is 12.0 Å². The number of amides is 1. The second-order valence-electron chi connectivity index (χ2n) is 10.0. The number of oxazole rings is 1. The fourth-order valence-electron chi connectivity index (χ4n) is 5.17. The number of carbonyl (C=O) groups is 1. The lowest BCUT2D eigenvalue weighted by molar-refractivity contribution is -0.115. The summed E-state index contributed by atoms with van der Waals surface area (Å²) in [6.45, 7) is 5.16. The molecule has 9 heteroatoms. The number of hydrogen-bond acceptors (Lipinski definition) is 6. The predicted molar refractivity (Wildman–Crippen MR) is 150 cm³/mol. The first-order valence-electron chi connectivity index (χ1n) is 12.6. The van der Waals surface area contributed by atoms with E-state index in [4.69, 9.17) is 21.0 Å². The normalized spacial score (nSPS) is 18.7. The zero-order valence-electron chi connectivity index (χ0n) is 21.3. The minimum absolute atomic E-state index is 0.178. The van der Waals surface area contributed by atoms with Crippen LogP contribution in [0.1, 0.15) is 22.6 Å². The lowest BCUT2D eigenvalue weighted by Crippen LogP contribution is -2.43. The first-order chi connectivity index (χ1) is 18.4. The van der Waals surface area contributed by atoms with E-state index >= 15 is 0 Å². The molecule has 38 heavy (non-hydrogen) atoms. The largest absolute Gasteiger partial charge is 0.419 e. The van der Waals surface area contributed by atoms with E-state index < -0.39 is 11.7 Å². The standard InChI is InChI=1S/C29H28ClN5O3/c1-33-11-13-35(14-12-33)17-18-3-7-21(8-4-18)31-27(19-5-10-24-25(15-19)38-29(37)34(24)2)26-22-9-6-20(30)16-23(22)32-28(26)36/h3-10,15-16,26H,11-14,17H2,1-2H3,(H,32,36). The van der Waals surface area contributed by atoms with Gasteiger partial charge >= 0.3 is 5.76 Å². The van der Waals surface area contributed by atoms with Gasteiger partial charge in [0.2, 0.25) is 5.91 Å². The van der Waals surface area contributed by atoms with Gasteiger partial charge in [-0.2, -0.15) is 0 Å². The molecule has 2 aliphatic heterocycles. The van der Waals surface area contributed by atoms with Crippen LogP contribution in [0.15, 0.2) is 74.9 Å². The van der Waals surface area contributed by atoms with Gasteiger partial charge in [0.1, 0.15) is 5.92 Å². The molecule has 1 fully saturated rings. The number of hydrogen-bond donors (Lipinski definition) is 1. The van der Waals surface area contributed by atoms with Crippen molar-refractivity contribution in [1.29, 1.82) is 0 Å². The summed E-state index contributed by atoms with van der Waals surface area (Å²) in [4.78, 5) is 35.1. The molecule has 1 aromatic heterocycles. The summed E-state index contributed by atoms with van der Waals surface area (Å²) in [5, 5.41) is 3.49. The molecule has 0 aliphatic carbocycles. The zero-order chi connectivity index (χ0) is 26.4. The van der Waals surface area contributed by atoms with Crippen molar-refractivity contribution < 1.29 is 9.21 Å². The summed E-state index contributed by atoms with van der Waals surface area (Å²) in [6, 6.07) is 19.0. The fraction of sp³-hybridized carbons (Fsp3) is 0.276. The topological polar surface area (TPSA) is 83.1 Å². The lowest BCUT2D eigenvalue weighted by Gasteiger charge is -2.32. The van der Waals surface area contributed by atoms with Gasteiger partial charge in [0.15, 0.2) is 5.58 Å². The molecule has 3 aromatic carbocycles. The van der Waals surface area contributed by atoms with Crippen LogP contribution in [0.3, 0.4) is 0 Å². The van der Waals surface area contributed by atoms with Gasteiger partial charge in [-0.25, -0.2) is 4.79 Å². The van der Waals surface area contributed by atoms with Crippen LogP contribution in [-0.4, -0.2) is 59.2 Å². The van der Waals surface area contributed by atoms with Crippen molar-refractivity contribution in [3.05, 3.63) is 92.9 Å². The van der Waals surface area contributed by atoms with Crippen LogP contribution in [0, 0.1) is 0 Å². The van der Waals surface area contributed by atoms with Crippen LogP contribution in [0.4, 0.5) is 11.4 Å². The second-order valence-corrected chi connectivity index (χ2v) is 10.4. The highest BCUT2D eigenvalue weighted by molar-refractivity contribution is 6.31. The highest BCUT2D eigenvalue weighted by Gasteiger charge is 2.35. The molecular weight excluding hydrogens is 502 g/mol. The molecule has 1 saturated heterocycles. The van der Waals surface area contributed by atoms with E-state index in [-0.39, 0.29) is 5.91 Å². The Balaban J connectivity index is 1.38. The van der Waals surface area contributed by atoms with Gasteiger partial charge in [-0.3, -0.25) is 19.3 Å². The van der Waals surface area contributed by atoms with Crippen LogP contribution in [0.2, 0.25) is 5.02 Å². The number of anilines is 1. The van der Waals surface area contributed by atoms with Gasteiger partial charge in [0.25, 0.3) is 0 Å². The van der Waals surface area contributed by atoms with Crippen LogP contribution in [0.5, 0.6) is 0 Å². The van der Waals surface area contributed by atoms with Crippen molar-refractivity contribution in [3.8, 4) is 0 Å². The first-order valence-corrected chi connectivity index (χ1v) is 13.0. The number of aliphatic imine (C=N–C) groups is 1. The molecule has 0 radical (unpaired) electrons. The molecule has 4 aromatic rings. The summed E-state index contributed by atoms with van der Waals surface area (Å²) < 4.78 is 6.89. The van der Waals surface area contributed by atoms with E-state index in [1.54, 1.807) is 25.2 Å². The summed E-state index contributed by atoms with van der Waals surface area (Å²) in [5.74, 6) is -1.26. The third-order valence-electron chi connectivity index (χ3n) is 7.40. The highest BCUT2D eigenvalue weighted by atomic mass is 35.5. The van der Waals surface area contributed by atoms with Crippen molar-refractivity contribution in [1.82, 2.24) is 14.4 Å². The Hall–Kier alpha value is -3.72. The molecule has 1 amide bonds. The number of halogens is 1. The average molecular weight is 530 g/mol. The number of rotatable bonds is 5. The number of benzene rings is 3. The van der Waals surface area contributed by atoms with E-state index in [1.165, 1.54) is 10.1 Å². The van der Waals surface area contributed by atoms with Crippen molar-refractivity contribution >= 4 is 45.7 Å². The molecule has 194 valence electrons. The molecule has 0 spiro atoms. The van der Waals surface area contributed by atoms with Crippen LogP contribution in [0.25, 0.3) is 11.1 Å². The number of likely N-dealkylation sites (N-methyl/N-ethyl adjacent to an activating group) is 1. The van der Waals surface area contributed by atoms with Crippen LogP contribution >= 0.6 is 11.6 Å². The SMILES string of the molecule is CN1CCN(Cc2ccc(N=C(c3ccc4c(c3)oc(=O)n4C)C3C(=O)Nc4cc(Cl)ccc43)cc2)CC1. The first kappa shape index (κ1) is 24.6. The molecule has 2 aliphatic rings. The van der Waals surface area contributed by atoms with Gasteiger partial charge in [0, 0.05) is 56.0 Å².